The minimum absolute atomic E-state index is 0.166. The fourth-order valence-corrected chi connectivity index (χ4v) is 3.29. The summed E-state index contributed by atoms with van der Waals surface area (Å²) in [5, 5.41) is 0. The van der Waals surface area contributed by atoms with Crippen LogP contribution in [0.1, 0.15) is 37.3 Å². The van der Waals surface area contributed by atoms with Gasteiger partial charge in [0.25, 0.3) is 0 Å². The Kier molecular flexibility index (Phi) is 2.20. The van der Waals surface area contributed by atoms with E-state index in [0.29, 0.717) is 5.92 Å². The summed E-state index contributed by atoms with van der Waals surface area (Å²) in [5.74, 6) is 2.50. The Labute approximate surface area is 90.1 Å². The van der Waals surface area contributed by atoms with E-state index in [0.717, 1.165) is 17.4 Å². The topological polar surface area (TPSA) is 51.8 Å². The monoisotopic (exact) mass is 203 g/mol. The third-order valence-corrected chi connectivity index (χ3v) is 4.10. The van der Waals surface area contributed by atoms with Gasteiger partial charge in [-0.2, -0.15) is 0 Å². The lowest BCUT2D eigenvalue weighted by Gasteiger charge is -2.10. The van der Waals surface area contributed by atoms with Gasteiger partial charge in [-0.3, -0.25) is 0 Å². The van der Waals surface area contributed by atoms with Crippen LogP contribution in [0.5, 0.6) is 0 Å². The van der Waals surface area contributed by atoms with E-state index in [9.17, 15) is 0 Å². The predicted molar refractivity (Wildman–Crippen MR) is 57.9 cm³/mol. The molecule has 2 aliphatic carbocycles. The maximum atomic E-state index is 6.28. The molecule has 3 rings (SSSR count). The molecule has 80 valence electrons. The number of nitrogens with two attached hydrogens (primary N) is 1. The predicted octanol–water partition coefficient (Wildman–Crippen LogP) is 1.91. The summed E-state index contributed by atoms with van der Waals surface area (Å²) in [7, 11) is 0. The number of hydrogen-bond donors (Lipinski definition) is 1. The second-order valence-corrected chi connectivity index (χ2v) is 4.89. The summed E-state index contributed by atoms with van der Waals surface area (Å²) in [6.07, 6.45) is 10.9. The number of aromatic nitrogens is 2. The standard InChI is InChI=1S/C12H17N3/c13-12(8-5-14-7-15-6-8)11-9-3-1-2-4-10(9)11/h5-7,9-12H,1-4,13H2. The van der Waals surface area contributed by atoms with Crippen LogP contribution in [0.15, 0.2) is 18.7 Å². The third-order valence-electron chi connectivity index (χ3n) is 4.10. The van der Waals surface area contributed by atoms with Crippen molar-refractivity contribution in [3.8, 4) is 0 Å². The molecule has 3 nitrogen and oxygen atoms in total. The highest BCUT2D eigenvalue weighted by molar-refractivity contribution is 5.16. The highest BCUT2D eigenvalue weighted by atomic mass is 14.8. The second kappa shape index (κ2) is 3.56. The first kappa shape index (κ1) is 9.28. The highest BCUT2D eigenvalue weighted by Crippen LogP contribution is 2.59. The molecule has 3 unspecified atom stereocenters. The van der Waals surface area contributed by atoms with Gasteiger partial charge < -0.3 is 5.73 Å². The Morgan fingerprint density at radius 2 is 1.73 bits per heavy atom. The van der Waals surface area contributed by atoms with Crippen LogP contribution < -0.4 is 5.73 Å². The quantitative estimate of drug-likeness (QED) is 0.798. The zero-order valence-electron chi connectivity index (χ0n) is 8.84. The van der Waals surface area contributed by atoms with Crippen molar-refractivity contribution in [3.63, 3.8) is 0 Å². The molecular formula is C12H17N3. The van der Waals surface area contributed by atoms with Crippen molar-refractivity contribution in [3.05, 3.63) is 24.3 Å². The van der Waals surface area contributed by atoms with Crippen LogP contribution in [-0.2, 0) is 0 Å². The number of hydrogen-bond acceptors (Lipinski definition) is 3. The van der Waals surface area contributed by atoms with Gasteiger partial charge in [0, 0.05) is 24.0 Å². The van der Waals surface area contributed by atoms with Crippen LogP contribution in [0, 0.1) is 17.8 Å². The molecular weight excluding hydrogens is 186 g/mol. The van der Waals surface area contributed by atoms with Crippen molar-refractivity contribution in [1.29, 1.82) is 0 Å². The van der Waals surface area contributed by atoms with Gasteiger partial charge >= 0.3 is 0 Å². The van der Waals surface area contributed by atoms with Crippen LogP contribution in [0.3, 0.4) is 0 Å². The average molecular weight is 203 g/mol. The fourth-order valence-electron chi connectivity index (χ4n) is 3.29. The summed E-state index contributed by atoms with van der Waals surface area (Å²) in [5.41, 5.74) is 7.39. The number of fused-ring (bicyclic) bond motifs is 1. The molecule has 0 aliphatic heterocycles. The summed E-state index contributed by atoms with van der Waals surface area (Å²) < 4.78 is 0. The second-order valence-electron chi connectivity index (χ2n) is 4.89. The minimum Gasteiger partial charge on any atom is -0.324 e. The molecule has 0 radical (unpaired) electrons. The van der Waals surface area contributed by atoms with Gasteiger partial charge in [-0.15, -0.1) is 0 Å². The summed E-state index contributed by atoms with van der Waals surface area (Å²) in [6.45, 7) is 0. The molecule has 3 heteroatoms. The van der Waals surface area contributed by atoms with E-state index < -0.39 is 0 Å². The molecule has 0 aromatic carbocycles. The van der Waals surface area contributed by atoms with Gasteiger partial charge in [-0.1, -0.05) is 12.8 Å². The Morgan fingerprint density at radius 3 is 2.33 bits per heavy atom. The van der Waals surface area contributed by atoms with Crippen molar-refractivity contribution in [2.75, 3.05) is 0 Å². The SMILES string of the molecule is NC(c1cncnc1)C1C2CCCCC21. The lowest BCUT2D eigenvalue weighted by Crippen LogP contribution is -2.14. The fraction of sp³-hybridized carbons (Fsp3) is 0.667. The van der Waals surface area contributed by atoms with Crippen molar-refractivity contribution in [1.82, 2.24) is 9.97 Å². The van der Waals surface area contributed by atoms with Gasteiger partial charge in [0.2, 0.25) is 0 Å². The smallest absolute Gasteiger partial charge is 0.115 e. The third kappa shape index (κ3) is 1.55. The largest absolute Gasteiger partial charge is 0.324 e. The molecule has 1 aromatic heterocycles. The van der Waals surface area contributed by atoms with E-state index in [1.165, 1.54) is 25.7 Å². The first-order chi connectivity index (χ1) is 7.38. The molecule has 1 aromatic rings. The average Bonchev–Trinajstić information content (AvgIpc) is 3.03. The van der Waals surface area contributed by atoms with Crippen LogP contribution in [0.2, 0.25) is 0 Å². The van der Waals surface area contributed by atoms with Gasteiger partial charge in [-0.25, -0.2) is 9.97 Å². The van der Waals surface area contributed by atoms with Gasteiger partial charge in [-0.05, 0) is 30.6 Å². The molecule has 2 saturated carbocycles. The zero-order chi connectivity index (χ0) is 10.3. The van der Waals surface area contributed by atoms with Gasteiger partial charge in [0.05, 0.1) is 0 Å². The number of rotatable bonds is 2. The van der Waals surface area contributed by atoms with E-state index in [2.05, 4.69) is 9.97 Å². The van der Waals surface area contributed by atoms with E-state index in [-0.39, 0.29) is 6.04 Å². The molecule has 2 aliphatic rings. The zero-order valence-corrected chi connectivity index (χ0v) is 8.84. The number of nitrogens with zero attached hydrogens (tertiary/aromatic N) is 2. The lowest BCUT2D eigenvalue weighted by atomic mass is 10.0. The van der Waals surface area contributed by atoms with Crippen LogP contribution >= 0.6 is 0 Å². The molecule has 0 saturated heterocycles. The molecule has 3 atom stereocenters. The summed E-state index contributed by atoms with van der Waals surface area (Å²) in [4.78, 5) is 8.08. The van der Waals surface area contributed by atoms with Gasteiger partial charge in [0.1, 0.15) is 6.33 Å². The first-order valence-corrected chi connectivity index (χ1v) is 5.88. The van der Waals surface area contributed by atoms with Crippen molar-refractivity contribution in [2.24, 2.45) is 23.5 Å². The van der Waals surface area contributed by atoms with Crippen molar-refractivity contribution >= 4 is 0 Å². The van der Waals surface area contributed by atoms with E-state index in [4.69, 9.17) is 5.73 Å². The van der Waals surface area contributed by atoms with Gasteiger partial charge in [0.15, 0.2) is 0 Å². The molecule has 15 heavy (non-hydrogen) atoms. The minimum atomic E-state index is 0.166. The maximum absolute atomic E-state index is 6.28. The Balaban J connectivity index is 1.74. The summed E-state index contributed by atoms with van der Waals surface area (Å²) >= 11 is 0. The molecule has 2 N–H and O–H groups in total. The normalized spacial score (nSPS) is 35.7. The Bertz CT molecular complexity index is 326. The Morgan fingerprint density at radius 1 is 1.13 bits per heavy atom. The summed E-state index contributed by atoms with van der Waals surface area (Å²) in [6, 6.07) is 0.166. The molecule has 0 amide bonds. The molecule has 1 heterocycles. The maximum Gasteiger partial charge on any atom is 0.115 e. The van der Waals surface area contributed by atoms with Crippen molar-refractivity contribution in [2.45, 2.75) is 31.7 Å². The van der Waals surface area contributed by atoms with E-state index >= 15 is 0 Å². The van der Waals surface area contributed by atoms with Crippen LogP contribution in [0.25, 0.3) is 0 Å². The molecule has 2 fully saturated rings. The van der Waals surface area contributed by atoms with Crippen LogP contribution in [-0.4, -0.2) is 9.97 Å². The lowest BCUT2D eigenvalue weighted by molar-refractivity contribution is 0.480. The van der Waals surface area contributed by atoms with Crippen molar-refractivity contribution < 1.29 is 0 Å². The molecule has 0 spiro atoms. The highest BCUT2D eigenvalue weighted by Gasteiger charge is 2.53. The van der Waals surface area contributed by atoms with Crippen LogP contribution in [0.4, 0.5) is 0 Å². The Hall–Kier alpha value is -0.960. The van der Waals surface area contributed by atoms with E-state index in [1.807, 2.05) is 12.4 Å². The van der Waals surface area contributed by atoms with E-state index in [1.54, 1.807) is 6.33 Å². The first-order valence-electron chi connectivity index (χ1n) is 5.88. The molecule has 0 bridgehead atoms.